The van der Waals surface area contributed by atoms with E-state index in [2.05, 4.69) is 12.1 Å². The molecule has 150 valence electrons. The van der Waals surface area contributed by atoms with Crippen LogP contribution in [0, 0.1) is 5.92 Å². The van der Waals surface area contributed by atoms with E-state index in [1.54, 1.807) is 16.1 Å². The first kappa shape index (κ1) is 20.2. The molecule has 0 N–H and O–H groups in total. The quantitative estimate of drug-likeness (QED) is 0.696. The number of furan rings is 1. The Morgan fingerprint density at radius 3 is 2.36 bits per heavy atom. The van der Waals surface area contributed by atoms with E-state index in [1.165, 1.54) is 5.56 Å². The molecule has 28 heavy (non-hydrogen) atoms. The van der Waals surface area contributed by atoms with Crippen molar-refractivity contribution in [1.29, 1.82) is 0 Å². The summed E-state index contributed by atoms with van der Waals surface area (Å²) in [6, 6.07) is 13.8. The highest BCUT2D eigenvalue weighted by Crippen LogP contribution is 2.33. The van der Waals surface area contributed by atoms with Crippen LogP contribution in [0.1, 0.15) is 44.9 Å². The Balaban J connectivity index is 1.71. The molecule has 1 saturated carbocycles. The molecule has 2 aromatic rings. The van der Waals surface area contributed by atoms with E-state index in [0.717, 1.165) is 25.0 Å². The Labute approximate surface area is 167 Å². The van der Waals surface area contributed by atoms with Gasteiger partial charge < -0.3 is 14.2 Å². The number of rotatable bonds is 8. The summed E-state index contributed by atoms with van der Waals surface area (Å²) in [5.41, 5.74) is 0.798. The van der Waals surface area contributed by atoms with E-state index in [4.69, 9.17) is 4.42 Å². The molecule has 3 rings (SSSR count). The average Bonchev–Trinajstić information content (AvgIpc) is 3.39. The maximum absolute atomic E-state index is 13.2. The van der Waals surface area contributed by atoms with Gasteiger partial charge in [0, 0.05) is 18.0 Å². The smallest absolute Gasteiger partial charge is 0.242 e. The highest BCUT2D eigenvalue weighted by Gasteiger charge is 2.39. The number of benzene rings is 1. The van der Waals surface area contributed by atoms with Crippen LogP contribution in [0.15, 0.2) is 53.1 Å². The zero-order valence-corrected chi connectivity index (χ0v) is 17.1. The summed E-state index contributed by atoms with van der Waals surface area (Å²) in [6.07, 6.45) is 4.25. The minimum atomic E-state index is -0.384. The van der Waals surface area contributed by atoms with Crippen LogP contribution in [0.25, 0.3) is 0 Å². The third-order valence-corrected chi connectivity index (χ3v) is 5.09. The molecule has 1 aromatic heterocycles. The number of carbonyl (C=O) groups is 2. The Morgan fingerprint density at radius 1 is 1.07 bits per heavy atom. The normalized spacial score (nSPS) is 14.0. The van der Waals surface area contributed by atoms with Crippen molar-refractivity contribution in [1.82, 2.24) is 9.80 Å². The van der Waals surface area contributed by atoms with Crippen LogP contribution < -0.4 is 0 Å². The second-order valence-electron chi connectivity index (χ2n) is 8.50. The van der Waals surface area contributed by atoms with Crippen molar-refractivity contribution < 1.29 is 14.0 Å². The number of carbonyl (C=O) groups excluding carboxylic acids is 2. The summed E-state index contributed by atoms with van der Waals surface area (Å²) in [4.78, 5) is 29.5. The first-order chi connectivity index (χ1) is 13.3. The summed E-state index contributed by atoms with van der Waals surface area (Å²) >= 11 is 0. The van der Waals surface area contributed by atoms with Crippen molar-refractivity contribution in [3.05, 3.63) is 60.1 Å². The monoisotopic (exact) mass is 382 g/mol. The number of amides is 2. The topological polar surface area (TPSA) is 53.8 Å². The average molecular weight is 383 g/mol. The molecule has 1 aliphatic carbocycles. The fraction of sp³-hybridized carbons (Fsp3) is 0.478. The minimum Gasteiger partial charge on any atom is -0.467 e. The van der Waals surface area contributed by atoms with E-state index in [0.29, 0.717) is 13.1 Å². The fourth-order valence-corrected chi connectivity index (χ4v) is 3.22. The highest BCUT2D eigenvalue weighted by atomic mass is 16.3. The molecular weight excluding hydrogens is 352 g/mol. The molecule has 5 heteroatoms. The minimum absolute atomic E-state index is 0.0451. The Morgan fingerprint density at radius 2 is 1.79 bits per heavy atom. The van der Waals surface area contributed by atoms with Gasteiger partial charge in [-0.05, 0) is 57.7 Å². The molecule has 0 bridgehead atoms. The highest BCUT2D eigenvalue weighted by molar-refractivity contribution is 5.87. The van der Waals surface area contributed by atoms with Crippen LogP contribution in [-0.2, 0) is 22.6 Å². The van der Waals surface area contributed by atoms with Gasteiger partial charge in [0.25, 0.3) is 0 Å². The first-order valence-corrected chi connectivity index (χ1v) is 10.00. The molecule has 0 saturated heterocycles. The van der Waals surface area contributed by atoms with Crippen molar-refractivity contribution in [2.45, 2.75) is 52.1 Å². The molecule has 0 spiro atoms. The summed E-state index contributed by atoms with van der Waals surface area (Å²) in [7, 11) is 0. The zero-order valence-electron chi connectivity index (χ0n) is 17.1. The van der Waals surface area contributed by atoms with Crippen LogP contribution in [0.2, 0.25) is 0 Å². The predicted octanol–water partition coefficient (Wildman–Crippen LogP) is 3.89. The predicted molar refractivity (Wildman–Crippen MR) is 108 cm³/mol. The number of hydrogen-bond acceptors (Lipinski definition) is 3. The largest absolute Gasteiger partial charge is 0.467 e. The van der Waals surface area contributed by atoms with Crippen LogP contribution in [0.5, 0.6) is 0 Å². The van der Waals surface area contributed by atoms with Crippen molar-refractivity contribution >= 4 is 11.8 Å². The summed E-state index contributed by atoms with van der Waals surface area (Å²) in [5, 5.41) is 0. The van der Waals surface area contributed by atoms with Gasteiger partial charge in [0.1, 0.15) is 12.3 Å². The molecule has 2 amide bonds. The SMILES string of the molecule is CC(C)(C)N(CC(=O)N(CCc1ccccc1)Cc1ccco1)C(=O)C1CC1. The van der Waals surface area contributed by atoms with E-state index < -0.39 is 0 Å². The van der Waals surface area contributed by atoms with Gasteiger partial charge in [0.2, 0.25) is 11.8 Å². The van der Waals surface area contributed by atoms with Crippen molar-refractivity contribution in [2.24, 2.45) is 5.92 Å². The van der Waals surface area contributed by atoms with Gasteiger partial charge >= 0.3 is 0 Å². The van der Waals surface area contributed by atoms with Crippen LogP contribution in [-0.4, -0.2) is 40.2 Å². The Kier molecular flexibility index (Phi) is 6.22. The molecule has 0 unspecified atom stereocenters. The molecule has 0 radical (unpaired) electrons. The third kappa shape index (κ3) is 5.47. The molecular formula is C23H30N2O3. The molecule has 1 fully saturated rings. The van der Waals surface area contributed by atoms with Crippen LogP contribution >= 0.6 is 0 Å². The number of hydrogen-bond donors (Lipinski definition) is 0. The van der Waals surface area contributed by atoms with Gasteiger partial charge in [-0.1, -0.05) is 30.3 Å². The van der Waals surface area contributed by atoms with Crippen LogP contribution in [0.3, 0.4) is 0 Å². The summed E-state index contributed by atoms with van der Waals surface area (Å²) in [5.74, 6) is 0.894. The lowest BCUT2D eigenvalue weighted by Crippen LogP contribution is -2.51. The third-order valence-electron chi connectivity index (χ3n) is 5.09. The molecule has 5 nitrogen and oxygen atoms in total. The zero-order chi connectivity index (χ0) is 20.1. The van der Waals surface area contributed by atoms with Gasteiger partial charge in [-0.3, -0.25) is 9.59 Å². The van der Waals surface area contributed by atoms with Gasteiger partial charge in [0.15, 0.2) is 0 Å². The lowest BCUT2D eigenvalue weighted by molar-refractivity contribution is -0.146. The van der Waals surface area contributed by atoms with Crippen molar-refractivity contribution in [2.75, 3.05) is 13.1 Å². The van der Waals surface area contributed by atoms with Gasteiger partial charge in [-0.25, -0.2) is 0 Å². The van der Waals surface area contributed by atoms with E-state index in [1.807, 2.05) is 51.1 Å². The standard InChI is InChI=1S/C23H30N2O3/c1-23(2,3)25(22(27)19-11-12-19)17-21(26)24(16-20-10-7-15-28-20)14-13-18-8-5-4-6-9-18/h4-10,15,19H,11-14,16-17H2,1-3H3. The maximum Gasteiger partial charge on any atom is 0.242 e. The van der Waals surface area contributed by atoms with Gasteiger partial charge in [-0.15, -0.1) is 0 Å². The lowest BCUT2D eigenvalue weighted by Gasteiger charge is -2.37. The summed E-state index contributed by atoms with van der Waals surface area (Å²) < 4.78 is 5.46. The van der Waals surface area contributed by atoms with Crippen LogP contribution in [0.4, 0.5) is 0 Å². The number of nitrogens with zero attached hydrogens (tertiary/aromatic N) is 2. The van der Waals surface area contributed by atoms with E-state index >= 15 is 0 Å². The Bertz CT molecular complexity index is 774. The molecule has 0 atom stereocenters. The van der Waals surface area contributed by atoms with E-state index in [9.17, 15) is 9.59 Å². The second-order valence-corrected chi connectivity index (χ2v) is 8.50. The Hall–Kier alpha value is -2.56. The first-order valence-electron chi connectivity index (χ1n) is 10.00. The fourth-order valence-electron chi connectivity index (χ4n) is 3.22. The molecule has 1 heterocycles. The van der Waals surface area contributed by atoms with Gasteiger partial charge in [0.05, 0.1) is 12.8 Å². The maximum atomic E-state index is 13.2. The van der Waals surface area contributed by atoms with Crippen molar-refractivity contribution in [3.63, 3.8) is 0 Å². The summed E-state index contributed by atoms with van der Waals surface area (Å²) in [6.45, 7) is 7.06. The van der Waals surface area contributed by atoms with E-state index in [-0.39, 0.29) is 29.8 Å². The molecule has 1 aromatic carbocycles. The lowest BCUT2D eigenvalue weighted by atomic mass is 10.0. The van der Waals surface area contributed by atoms with Crippen molar-refractivity contribution in [3.8, 4) is 0 Å². The molecule has 1 aliphatic rings. The van der Waals surface area contributed by atoms with Gasteiger partial charge in [-0.2, -0.15) is 0 Å². The molecule has 0 aliphatic heterocycles. The second kappa shape index (κ2) is 8.63.